The van der Waals surface area contributed by atoms with Crippen LogP contribution in [0.5, 0.6) is 0 Å². The maximum atomic E-state index is 13.2. The summed E-state index contributed by atoms with van der Waals surface area (Å²) in [6, 6.07) is -1.19. The van der Waals surface area contributed by atoms with E-state index in [2.05, 4.69) is 43.5 Å². The lowest BCUT2D eigenvalue weighted by Crippen LogP contribution is -2.60. The zero-order valence-corrected chi connectivity index (χ0v) is 46.7. The molecule has 1 heterocycles. The summed E-state index contributed by atoms with van der Waals surface area (Å²) in [6.07, 6.45) is 49.5. The summed E-state index contributed by atoms with van der Waals surface area (Å²) >= 11 is 0. The Morgan fingerprint density at radius 2 is 0.819 bits per heavy atom. The molecule has 8 N–H and O–H groups in total. The van der Waals surface area contributed by atoms with E-state index in [1.807, 2.05) is 0 Å². The molecular formula is C61H117NO10. The molecule has 9 unspecified atom stereocenters. The van der Waals surface area contributed by atoms with Crippen LogP contribution in [-0.2, 0) is 14.3 Å². The molecule has 0 aromatic carbocycles. The average Bonchev–Trinajstić information content (AvgIpc) is 3.38. The van der Waals surface area contributed by atoms with Gasteiger partial charge in [0.25, 0.3) is 0 Å². The Labute approximate surface area is 442 Å². The molecule has 0 aliphatic carbocycles. The van der Waals surface area contributed by atoms with Crippen molar-refractivity contribution in [1.82, 2.24) is 5.32 Å². The maximum absolute atomic E-state index is 13.2. The number of aliphatic hydroxyl groups excluding tert-OH is 7. The highest BCUT2D eigenvalue weighted by Gasteiger charge is 2.44. The van der Waals surface area contributed by atoms with Gasteiger partial charge in [-0.3, -0.25) is 4.79 Å². The van der Waals surface area contributed by atoms with Gasteiger partial charge in [0.15, 0.2) is 6.29 Å². The second-order valence-electron chi connectivity index (χ2n) is 21.8. The SMILES string of the molecule is CCCCCCCCCCCCC/C=C\CCCCCCCCC(O)C(=O)NC(COC1OC(CO)C(O)C(O)C1O)C(O)C(O)CCC/C=C/CCCCCCCCCCCCCCCCCCCCC. The standard InChI is InChI=1S/C61H117NO10/c1-3-5-7-9-11-13-15-17-19-21-23-25-26-27-29-30-32-34-36-38-40-42-44-46-48-53(64)56(66)52(51-71-61-59(69)58(68)57(67)55(50-63)72-61)62-60(70)54(65)49-47-45-43-41-39-37-35-33-31-28-24-22-20-18-16-14-12-10-8-6-4-2/h31,33,40,42,52-59,61,63-69H,3-30,32,34-39,41,43-51H2,1-2H3,(H,62,70)/b33-31-,42-40+. The molecule has 0 aromatic heterocycles. The summed E-state index contributed by atoms with van der Waals surface area (Å²) in [7, 11) is 0. The first-order valence-electron chi connectivity index (χ1n) is 30.7. The molecule has 1 aliphatic heterocycles. The van der Waals surface area contributed by atoms with Gasteiger partial charge < -0.3 is 50.5 Å². The minimum Gasteiger partial charge on any atom is -0.394 e. The highest BCUT2D eigenvalue weighted by atomic mass is 16.7. The minimum atomic E-state index is -1.67. The van der Waals surface area contributed by atoms with Crippen molar-refractivity contribution in [1.29, 1.82) is 0 Å². The molecule has 0 saturated carbocycles. The van der Waals surface area contributed by atoms with Crippen molar-refractivity contribution in [2.24, 2.45) is 0 Å². The lowest BCUT2D eigenvalue weighted by atomic mass is 9.98. The number of allylic oxidation sites excluding steroid dienone is 4. The lowest BCUT2D eigenvalue weighted by molar-refractivity contribution is -0.303. The highest BCUT2D eigenvalue weighted by Crippen LogP contribution is 2.23. The second-order valence-corrected chi connectivity index (χ2v) is 21.8. The predicted octanol–water partition coefficient (Wildman–Crippen LogP) is 13.3. The molecule has 0 aromatic rings. The summed E-state index contributed by atoms with van der Waals surface area (Å²) in [5.41, 5.74) is 0. The van der Waals surface area contributed by atoms with Crippen LogP contribution in [0.15, 0.2) is 24.3 Å². The fraction of sp³-hybridized carbons (Fsp3) is 0.918. The van der Waals surface area contributed by atoms with Crippen molar-refractivity contribution >= 4 is 5.91 Å². The number of carbonyl (C=O) groups is 1. The van der Waals surface area contributed by atoms with Gasteiger partial charge in [0.2, 0.25) is 5.91 Å². The van der Waals surface area contributed by atoms with Gasteiger partial charge in [-0.1, -0.05) is 250 Å². The van der Waals surface area contributed by atoms with E-state index in [1.54, 1.807) is 0 Å². The van der Waals surface area contributed by atoms with Crippen molar-refractivity contribution in [3.63, 3.8) is 0 Å². The van der Waals surface area contributed by atoms with Crippen LogP contribution < -0.4 is 5.32 Å². The van der Waals surface area contributed by atoms with E-state index >= 15 is 0 Å². The van der Waals surface area contributed by atoms with E-state index in [0.29, 0.717) is 12.8 Å². The number of unbranched alkanes of at least 4 members (excludes halogenated alkanes) is 37. The smallest absolute Gasteiger partial charge is 0.249 e. The van der Waals surface area contributed by atoms with Crippen LogP contribution in [0.1, 0.15) is 290 Å². The summed E-state index contributed by atoms with van der Waals surface area (Å²) in [4.78, 5) is 13.2. The average molecular weight is 1020 g/mol. The number of rotatable bonds is 53. The van der Waals surface area contributed by atoms with Crippen molar-refractivity contribution in [2.45, 2.75) is 345 Å². The van der Waals surface area contributed by atoms with Gasteiger partial charge in [-0.25, -0.2) is 0 Å². The highest BCUT2D eigenvalue weighted by molar-refractivity contribution is 5.80. The number of nitrogens with one attached hydrogen (secondary N) is 1. The van der Waals surface area contributed by atoms with E-state index in [9.17, 15) is 40.5 Å². The van der Waals surface area contributed by atoms with Crippen molar-refractivity contribution in [2.75, 3.05) is 13.2 Å². The normalized spacial score (nSPS) is 20.2. The van der Waals surface area contributed by atoms with Gasteiger partial charge in [-0.15, -0.1) is 0 Å². The van der Waals surface area contributed by atoms with Crippen molar-refractivity contribution < 1.29 is 50.0 Å². The van der Waals surface area contributed by atoms with Gasteiger partial charge in [-0.2, -0.15) is 0 Å². The fourth-order valence-corrected chi connectivity index (χ4v) is 9.97. The molecule has 1 amide bonds. The summed E-state index contributed by atoms with van der Waals surface area (Å²) in [6.45, 7) is 3.48. The zero-order chi connectivity index (χ0) is 52.5. The van der Waals surface area contributed by atoms with E-state index in [4.69, 9.17) is 9.47 Å². The molecule has 1 aliphatic rings. The molecule has 1 saturated heterocycles. The van der Waals surface area contributed by atoms with Gasteiger partial charge in [-0.05, 0) is 64.2 Å². The first-order valence-corrected chi connectivity index (χ1v) is 30.7. The molecule has 0 spiro atoms. The van der Waals surface area contributed by atoms with E-state index in [1.165, 1.54) is 193 Å². The third-order valence-corrected chi connectivity index (χ3v) is 15.0. The van der Waals surface area contributed by atoms with Crippen LogP contribution in [0.25, 0.3) is 0 Å². The van der Waals surface area contributed by atoms with E-state index in [-0.39, 0.29) is 12.8 Å². The Hall–Kier alpha value is -1.41. The van der Waals surface area contributed by atoms with Crippen LogP contribution in [0.2, 0.25) is 0 Å². The number of carbonyl (C=O) groups excluding carboxylic acids is 1. The number of aliphatic hydroxyl groups is 7. The van der Waals surface area contributed by atoms with Crippen molar-refractivity contribution in [3.05, 3.63) is 24.3 Å². The molecule has 11 heteroatoms. The van der Waals surface area contributed by atoms with Gasteiger partial charge >= 0.3 is 0 Å². The Morgan fingerprint density at radius 1 is 0.472 bits per heavy atom. The Kier molecular flexibility index (Phi) is 48.0. The van der Waals surface area contributed by atoms with Gasteiger partial charge in [0.05, 0.1) is 25.4 Å². The molecule has 72 heavy (non-hydrogen) atoms. The third-order valence-electron chi connectivity index (χ3n) is 15.0. The molecule has 9 atom stereocenters. The number of hydrogen-bond donors (Lipinski definition) is 8. The molecule has 0 bridgehead atoms. The molecular weight excluding hydrogens is 907 g/mol. The number of amides is 1. The molecule has 426 valence electrons. The predicted molar refractivity (Wildman–Crippen MR) is 298 cm³/mol. The first-order chi connectivity index (χ1) is 35.2. The quantitative estimate of drug-likeness (QED) is 0.0215. The van der Waals surface area contributed by atoms with E-state index in [0.717, 1.165) is 57.8 Å². The topological polar surface area (TPSA) is 189 Å². The number of ether oxygens (including phenoxy) is 2. The van der Waals surface area contributed by atoms with Crippen LogP contribution in [0.3, 0.4) is 0 Å². The monoisotopic (exact) mass is 1020 g/mol. The Morgan fingerprint density at radius 3 is 1.19 bits per heavy atom. The van der Waals surface area contributed by atoms with E-state index < -0.39 is 74.2 Å². The van der Waals surface area contributed by atoms with Gasteiger partial charge in [0.1, 0.15) is 36.6 Å². The maximum Gasteiger partial charge on any atom is 0.249 e. The Balaban J connectivity index is 2.30. The third kappa shape index (κ3) is 38.2. The van der Waals surface area contributed by atoms with Crippen LogP contribution in [0.4, 0.5) is 0 Å². The molecule has 0 radical (unpaired) electrons. The minimum absolute atomic E-state index is 0.248. The fourth-order valence-electron chi connectivity index (χ4n) is 9.97. The molecule has 11 nitrogen and oxygen atoms in total. The van der Waals surface area contributed by atoms with Crippen molar-refractivity contribution in [3.8, 4) is 0 Å². The Bertz CT molecular complexity index is 1220. The van der Waals surface area contributed by atoms with Gasteiger partial charge in [0, 0.05) is 0 Å². The second kappa shape index (κ2) is 50.4. The largest absolute Gasteiger partial charge is 0.394 e. The number of hydrogen-bond acceptors (Lipinski definition) is 10. The van der Waals surface area contributed by atoms with Crippen LogP contribution >= 0.6 is 0 Å². The van der Waals surface area contributed by atoms with Crippen LogP contribution in [0, 0.1) is 0 Å². The van der Waals surface area contributed by atoms with Crippen LogP contribution in [-0.4, -0.2) is 110 Å². The molecule has 1 fully saturated rings. The summed E-state index contributed by atoms with van der Waals surface area (Å²) in [5, 5.41) is 76.2. The summed E-state index contributed by atoms with van der Waals surface area (Å²) < 4.78 is 11.1. The first kappa shape index (κ1) is 68.6. The zero-order valence-electron chi connectivity index (χ0n) is 46.7. The summed E-state index contributed by atoms with van der Waals surface area (Å²) in [5.74, 6) is -0.707. The molecule has 1 rings (SSSR count). The lowest BCUT2D eigenvalue weighted by Gasteiger charge is -2.40.